The summed E-state index contributed by atoms with van der Waals surface area (Å²) in [4.78, 5) is 26.3. The maximum absolute atomic E-state index is 12.0. The standard InChI is InChI=1S/C28H29N3O5/c1-29(2)28(32)36-24-15-16-25-21(18-24)10-7-17-30(3)26(25)19-27(20-8-5-4-6-9-20)35-23-13-11-22(12-14-23)31(33)34/h4-16,18,26-27H,17,19H2,1-3H3/t26-,27?/m1/s1. The van der Waals surface area contributed by atoms with Crippen LogP contribution < -0.4 is 9.47 Å². The first-order valence-electron chi connectivity index (χ1n) is 11.7. The summed E-state index contributed by atoms with van der Waals surface area (Å²) in [7, 11) is 5.36. The van der Waals surface area contributed by atoms with Gasteiger partial charge in [-0.05, 0) is 48.0 Å². The molecule has 0 bridgehead atoms. The number of rotatable bonds is 7. The van der Waals surface area contributed by atoms with Gasteiger partial charge in [0.05, 0.1) is 4.92 Å². The van der Waals surface area contributed by atoms with Crippen LogP contribution in [0.1, 0.15) is 35.3 Å². The molecule has 8 heteroatoms. The maximum atomic E-state index is 12.0. The predicted octanol–water partition coefficient (Wildman–Crippen LogP) is 5.87. The average Bonchev–Trinajstić information content (AvgIpc) is 3.02. The topological polar surface area (TPSA) is 85.2 Å². The molecule has 0 spiro atoms. The Kier molecular flexibility index (Phi) is 7.65. The highest BCUT2D eigenvalue weighted by atomic mass is 16.6. The van der Waals surface area contributed by atoms with E-state index >= 15 is 0 Å². The van der Waals surface area contributed by atoms with Crippen LogP contribution in [0, 0.1) is 10.1 Å². The number of benzene rings is 3. The van der Waals surface area contributed by atoms with Crippen LogP contribution in [0.25, 0.3) is 6.08 Å². The lowest BCUT2D eigenvalue weighted by Gasteiger charge is -2.31. The van der Waals surface area contributed by atoms with Gasteiger partial charge in [-0.15, -0.1) is 0 Å². The molecule has 0 saturated carbocycles. The second-order valence-electron chi connectivity index (χ2n) is 8.91. The average molecular weight is 488 g/mol. The smallest absolute Gasteiger partial charge is 0.414 e. The zero-order chi connectivity index (χ0) is 25.7. The molecule has 3 aromatic rings. The van der Waals surface area contributed by atoms with E-state index in [4.69, 9.17) is 9.47 Å². The van der Waals surface area contributed by atoms with E-state index in [-0.39, 0.29) is 17.8 Å². The Morgan fingerprint density at radius 2 is 1.78 bits per heavy atom. The number of non-ortho nitro benzene ring substituents is 1. The van der Waals surface area contributed by atoms with Crippen molar-refractivity contribution in [3.05, 3.63) is 106 Å². The highest BCUT2D eigenvalue weighted by Crippen LogP contribution is 2.38. The highest BCUT2D eigenvalue weighted by Gasteiger charge is 2.27. The van der Waals surface area contributed by atoms with Gasteiger partial charge in [-0.1, -0.05) is 48.6 Å². The summed E-state index contributed by atoms with van der Waals surface area (Å²) >= 11 is 0. The third-order valence-electron chi connectivity index (χ3n) is 6.14. The third kappa shape index (κ3) is 5.90. The first-order valence-corrected chi connectivity index (χ1v) is 11.7. The molecule has 0 aliphatic carbocycles. The van der Waals surface area contributed by atoms with E-state index in [1.54, 1.807) is 26.2 Å². The maximum Gasteiger partial charge on any atom is 0.414 e. The van der Waals surface area contributed by atoms with Crippen molar-refractivity contribution in [3.63, 3.8) is 0 Å². The van der Waals surface area contributed by atoms with E-state index in [9.17, 15) is 14.9 Å². The number of hydrogen-bond donors (Lipinski definition) is 0. The number of fused-ring (bicyclic) bond motifs is 1. The minimum absolute atomic E-state index is 0.0110. The van der Waals surface area contributed by atoms with Crippen molar-refractivity contribution in [2.45, 2.75) is 18.6 Å². The van der Waals surface area contributed by atoms with E-state index < -0.39 is 11.0 Å². The number of likely N-dealkylation sites (N-methyl/N-ethyl adjacent to an activating group) is 1. The molecule has 3 aromatic carbocycles. The fourth-order valence-corrected chi connectivity index (χ4v) is 4.21. The number of nitro groups is 1. The van der Waals surface area contributed by atoms with Crippen molar-refractivity contribution in [1.29, 1.82) is 0 Å². The summed E-state index contributed by atoms with van der Waals surface area (Å²) in [6.45, 7) is 0.741. The van der Waals surface area contributed by atoms with Gasteiger partial charge in [0.2, 0.25) is 0 Å². The summed E-state index contributed by atoms with van der Waals surface area (Å²) in [5, 5.41) is 11.0. The molecule has 0 aromatic heterocycles. The Morgan fingerprint density at radius 3 is 2.44 bits per heavy atom. The molecule has 1 aliphatic heterocycles. The predicted molar refractivity (Wildman–Crippen MR) is 138 cm³/mol. The Morgan fingerprint density at radius 1 is 1.08 bits per heavy atom. The van der Waals surface area contributed by atoms with Crippen LogP contribution in [0.15, 0.2) is 78.9 Å². The van der Waals surface area contributed by atoms with Crippen LogP contribution in [-0.2, 0) is 0 Å². The summed E-state index contributed by atoms with van der Waals surface area (Å²) in [6, 6.07) is 21.8. The first-order chi connectivity index (χ1) is 17.3. The minimum Gasteiger partial charge on any atom is -0.486 e. The van der Waals surface area contributed by atoms with E-state index in [1.807, 2.05) is 54.6 Å². The molecule has 1 amide bonds. The Bertz CT molecular complexity index is 1240. The van der Waals surface area contributed by atoms with Crippen molar-refractivity contribution < 1.29 is 19.2 Å². The number of nitrogens with zero attached hydrogens (tertiary/aromatic N) is 3. The van der Waals surface area contributed by atoms with Crippen molar-refractivity contribution in [2.75, 3.05) is 27.7 Å². The zero-order valence-electron chi connectivity index (χ0n) is 20.5. The van der Waals surface area contributed by atoms with Gasteiger partial charge in [-0.25, -0.2) is 4.79 Å². The molecule has 0 saturated heterocycles. The van der Waals surface area contributed by atoms with Crippen LogP contribution >= 0.6 is 0 Å². The summed E-state index contributed by atoms with van der Waals surface area (Å²) in [5.74, 6) is 1.05. The quantitative estimate of drug-likeness (QED) is 0.306. The van der Waals surface area contributed by atoms with Crippen LogP contribution in [-0.4, -0.2) is 48.5 Å². The monoisotopic (exact) mass is 487 g/mol. The normalized spacial score (nSPS) is 15.9. The molecule has 186 valence electrons. The molecule has 1 aliphatic rings. The van der Waals surface area contributed by atoms with E-state index in [0.717, 1.165) is 23.2 Å². The Labute approximate surface area is 210 Å². The molecule has 4 rings (SSSR count). The zero-order valence-corrected chi connectivity index (χ0v) is 20.5. The van der Waals surface area contributed by atoms with Gasteiger partial charge in [0, 0.05) is 45.2 Å². The largest absolute Gasteiger partial charge is 0.486 e. The summed E-state index contributed by atoms with van der Waals surface area (Å²) in [6.07, 6.45) is 4.06. The van der Waals surface area contributed by atoms with Crippen molar-refractivity contribution in [3.8, 4) is 11.5 Å². The van der Waals surface area contributed by atoms with Gasteiger partial charge >= 0.3 is 6.09 Å². The fourth-order valence-electron chi connectivity index (χ4n) is 4.21. The SMILES string of the molecule is CN(C)C(=O)Oc1ccc2c(c1)C=CCN(C)[C@@H]2CC(Oc1ccc([N+](=O)[O-])cc1)c1ccccc1. The van der Waals surface area contributed by atoms with Crippen LogP contribution in [0.5, 0.6) is 11.5 Å². The lowest BCUT2D eigenvalue weighted by Crippen LogP contribution is -2.27. The summed E-state index contributed by atoms with van der Waals surface area (Å²) in [5.41, 5.74) is 3.12. The minimum atomic E-state index is -0.429. The van der Waals surface area contributed by atoms with Crippen LogP contribution in [0.3, 0.4) is 0 Å². The first kappa shape index (κ1) is 24.9. The third-order valence-corrected chi connectivity index (χ3v) is 6.14. The molecule has 8 nitrogen and oxygen atoms in total. The molecule has 1 heterocycles. The van der Waals surface area contributed by atoms with E-state index in [2.05, 4.69) is 18.0 Å². The number of ether oxygens (including phenoxy) is 2. The molecular weight excluding hydrogens is 458 g/mol. The van der Waals surface area contributed by atoms with E-state index in [0.29, 0.717) is 17.9 Å². The lowest BCUT2D eigenvalue weighted by molar-refractivity contribution is -0.384. The Hall–Kier alpha value is -4.17. The molecular formula is C28H29N3O5. The van der Waals surface area contributed by atoms with Crippen LogP contribution in [0.4, 0.5) is 10.5 Å². The lowest BCUT2D eigenvalue weighted by atomic mass is 9.92. The van der Waals surface area contributed by atoms with Crippen molar-refractivity contribution in [1.82, 2.24) is 9.80 Å². The van der Waals surface area contributed by atoms with Gasteiger partial charge in [-0.3, -0.25) is 15.0 Å². The Balaban J connectivity index is 1.63. The van der Waals surface area contributed by atoms with Gasteiger partial charge in [0.15, 0.2) is 0 Å². The number of carbonyl (C=O) groups is 1. The van der Waals surface area contributed by atoms with Gasteiger partial charge < -0.3 is 14.4 Å². The van der Waals surface area contributed by atoms with Gasteiger partial charge in [0.25, 0.3) is 5.69 Å². The second-order valence-corrected chi connectivity index (χ2v) is 8.91. The second kappa shape index (κ2) is 11.0. The van der Waals surface area contributed by atoms with E-state index in [1.165, 1.54) is 17.0 Å². The molecule has 36 heavy (non-hydrogen) atoms. The molecule has 2 atom stereocenters. The van der Waals surface area contributed by atoms with Gasteiger partial charge in [0.1, 0.15) is 17.6 Å². The van der Waals surface area contributed by atoms with Crippen molar-refractivity contribution >= 4 is 17.9 Å². The number of amides is 1. The fraction of sp³-hybridized carbons (Fsp3) is 0.250. The molecule has 1 unspecified atom stereocenters. The highest BCUT2D eigenvalue weighted by molar-refractivity contribution is 5.71. The number of carbonyl (C=O) groups excluding carboxylic acids is 1. The molecule has 0 radical (unpaired) electrons. The molecule has 0 N–H and O–H groups in total. The van der Waals surface area contributed by atoms with Gasteiger partial charge in [-0.2, -0.15) is 0 Å². The molecule has 0 fully saturated rings. The number of hydrogen-bond acceptors (Lipinski definition) is 6. The van der Waals surface area contributed by atoms with Crippen molar-refractivity contribution in [2.24, 2.45) is 0 Å². The van der Waals surface area contributed by atoms with Crippen LogP contribution in [0.2, 0.25) is 0 Å². The number of nitro benzene ring substituents is 1. The summed E-state index contributed by atoms with van der Waals surface area (Å²) < 4.78 is 11.9.